The minimum absolute atomic E-state index is 0.551. The molecule has 0 rings (SSSR count). The first-order chi connectivity index (χ1) is 5.71. The van der Waals surface area contributed by atoms with E-state index >= 15 is 0 Å². The molecule has 0 aromatic rings. The first-order valence-electron chi connectivity index (χ1n) is 3.07. The highest BCUT2D eigenvalue weighted by Crippen LogP contribution is 2.00. The summed E-state index contributed by atoms with van der Waals surface area (Å²) in [5, 5.41) is 0.753. The van der Waals surface area contributed by atoms with Crippen LogP contribution in [-0.4, -0.2) is 15.9 Å². The van der Waals surface area contributed by atoms with Gasteiger partial charge in [0.1, 0.15) is 0 Å². The second-order valence-corrected chi connectivity index (χ2v) is 1.68. The third-order valence-electron chi connectivity index (χ3n) is 1.09. The van der Waals surface area contributed by atoms with Crippen molar-refractivity contribution in [2.24, 2.45) is 0 Å². The fraction of sp³-hybridized carbons (Fsp3) is 0. The first kappa shape index (κ1) is 9.98. The number of carbonyl (C=O) groups is 1. The van der Waals surface area contributed by atoms with Crippen LogP contribution < -0.4 is 0 Å². The Morgan fingerprint density at radius 3 is 2.00 bits per heavy atom. The minimum atomic E-state index is -0.551. The van der Waals surface area contributed by atoms with E-state index in [4.69, 9.17) is 6.57 Å². The molecule has 0 saturated carbocycles. The lowest BCUT2D eigenvalue weighted by atomic mass is 10.7. The lowest BCUT2D eigenvalue weighted by Crippen LogP contribution is -2.29. The summed E-state index contributed by atoms with van der Waals surface area (Å²) in [6.45, 7) is 16.6. The van der Waals surface area contributed by atoms with Crippen LogP contribution in [0.3, 0.4) is 0 Å². The Bertz CT molecular complexity index is 244. The second kappa shape index (κ2) is 4.74. The molecule has 0 fully saturated rings. The molecule has 62 valence electrons. The molecule has 0 bridgehead atoms. The lowest BCUT2D eigenvalue weighted by molar-refractivity contribution is 0.210. The van der Waals surface area contributed by atoms with Gasteiger partial charge in [0.05, 0.1) is 6.20 Å². The van der Waals surface area contributed by atoms with E-state index in [1.807, 2.05) is 0 Å². The zero-order valence-electron chi connectivity index (χ0n) is 6.60. The Morgan fingerprint density at radius 1 is 1.25 bits per heavy atom. The molecule has 0 unspecified atom stereocenters. The monoisotopic (exact) mass is 163 g/mol. The molecule has 0 spiro atoms. The van der Waals surface area contributed by atoms with E-state index in [2.05, 4.69) is 24.7 Å². The molecule has 0 aromatic heterocycles. The highest BCUT2D eigenvalue weighted by atomic mass is 16.2. The predicted octanol–water partition coefficient (Wildman–Crippen LogP) is 1.98. The number of carbonyl (C=O) groups excluding carboxylic acids is 1. The minimum Gasteiger partial charge on any atom is -0.272 e. The maximum absolute atomic E-state index is 11.2. The van der Waals surface area contributed by atoms with Crippen molar-refractivity contribution in [2.45, 2.75) is 0 Å². The Morgan fingerprint density at radius 2 is 1.75 bits per heavy atom. The number of nitrogens with zero attached hydrogens (tertiary/aromatic N) is 3. The molecule has 0 aromatic carbocycles. The van der Waals surface area contributed by atoms with Crippen molar-refractivity contribution >= 4 is 6.03 Å². The van der Waals surface area contributed by atoms with Crippen LogP contribution in [0.4, 0.5) is 4.79 Å². The van der Waals surface area contributed by atoms with Crippen LogP contribution in [0.2, 0.25) is 0 Å². The van der Waals surface area contributed by atoms with Gasteiger partial charge in [0.15, 0.2) is 0 Å². The maximum Gasteiger partial charge on any atom is 0.398 e. The molecule has 0 aliphatic rings. The van der Waals surface area contributed by atoms with Crippen molar-refractivity contribution in [2.75, 3.05) is 0 Å². The van der Waals surface area contributed by atoms with E-state index in [-0.39, 0.29) is 0 Å². The van der Waals surface area contributed by atoms with E-state index in [0.29, 0.717) is 0 Å². The number of urea groups is 1. The van der Waals surface area contributed by atoms with Crippen molar-refractivity contribution in [3.63, 3.8) is 0 Å². The summed E-state index contributed by atoms with van der Waals surface area (Å²) < 4.78 is 0. The largest absolute Gasteiger partial charge is 0.398 e. The van der Waals surface area contributed by atoms with E-state index in [1.54, 1.807) is 0 Å². The molecular formula is C8H9N3O. The van der Waals surface area contributed by atoms with Crippen molar-refractivity contribution in [3.05, 3.63) is 49.9 Å². The highest BCUT2D eigenvalue weighted by Gasteiger charge is 2.17. The van der Waals surface area contributed by atoms with Crippen LogP contribution in [0.1, 0.15) is 0 Å². The van der Waals surface area contributed by atoms with Gasteiger partial charge in [-0.2, -0.15) is 6.57 Å². The Balaban J connectivity index is 4.56. The molecule has 4 nitrogen and oxygen atoms in total. The Kier molecular flexibility index (Phi) is 3.94. The number of amides is 2. The van der Waals surface area contributed by atoms with Crippen LogP contribution >= 0.6 is 0 Å². The van der Waals surface area contributed by atoms with Crippen molar-refractivity contribution in [1.82, 2.24) is 9.91 Å². The van der Waals surface area contributed by atoms with Crippen LogP contribution in [0.5, 0.6) is 0 Å². The van der Waals surface area contributed by atoms with Crippen molar-refractivity contribution in [3.8, 4) is 0 Å². The van der Waals surface area contributed by atoms with Gasteiger partial charge in [-0.1, -0.05) is 19.7 Å². The van der Waals surface area contributed by atoms with Crippen LogP contribution in [0.25, 0.3) is 4.95 Å². The average molecular weight is 163 g/mol. The van der Waals surface area contributed by atoms with Crippen molar-refractivity contribution in [1.29, 1.82) is 0 Å². The summed E-state index contributed by atoms with van der Waals surface area (Å²) in [6.07, 6.45) is 3.64. The molecule has 0 heterocycles. The van der Waals surface area contributed by atoms with Gasteiger partial charge in [0.2, 0.25) is 0 Å². The van der Waals surface area contributed by atoms with E-state index in [9.17, 15) is 4.79 Å². The first-order valence-corrected chi connectivity index (χ1v) is 3.07. The van der Waals surface area contributed by atoms with E-state index in [1.165, 1.54) is 12.4 Å². The Hall–Kier alpha value is -2.02. The van der Waals surface area contributed by atoms with Gasteiger partial charge in [-0.3, -0.25) is 4.90 Å². The third kappa shape index (κ3) is 1.99. The topological polar surface area (TPSA) is 27.9 Å². The molecule has 0 atom stereocenters. The maximum atomic E-state index is 11.2. The summed E-state index contributed by atoms with van der Waals surface area (Å²) in [5.41, 5.74) is 0. The average Bonchev–Trinajstić information content (AvgIpc) is 2.09. The lowest BCUT2D eigenvalue weighted by Gasteiger charge is -2.11. The zero-order valence-corrected chi connectivity index (χ0v) is 6.60. The van der Waals surface area contributed by atoms with Crippen LogP contribution in [-0.2, 0) is 0 Å². The predicted molar refractivity (Wildman–Crippen MR) is 46.3 cm³/mol. The summed E-state index contributed by atoms with van der Waals surface area (Å²) in [6, 6.07) is -0.551. The van der Waals surface area contributed by atoms with Gasteiger partial charge in [0, 0.05) is 17.4 Å². The summed E-state index contributed by atoms with van der Waals surface area (Å²) in [7, 11) is 0. The van der Waals surface area contributed by atoms with Gasteiger partial charge in [0.25, 0.3) is 0 Å². The summed E-state index contributed by atoms with van der Waals surface area (Å²) in [5.74, 6) is 0. The molecule has 0 radical (unpaired) electrons. The number of hydrogen-bond acceptors (Lipinski definition) is 1. The fourth-order valence-corrected chi connectivity index (χ4v) is 0.511. The van der Waals surface area contributed by atoms with Crippen molar-refractivity contribution < 1.29 is 4.79 Å². The number of rotatable bonds is 3. The van der Waals surface area contributed by atoms with Gasteiger partial charge in [-0.15, -0.1) is 4.95 Å². The molecule has 12 heavy (non-hydrogen) atoms. The Labute approximate surface area is 71.5 Å². The summed E-state index contributed by atoms with van der Waals surface area (Å²) >= 11 is 0. The van der Waals surface area contributed by atoms with Gasteiger partial charge in [-0.25, -0.2) is 4.79 Å². The quantitative estimate of drug-likeness (QED) is 0.461. The van der Waals surface area contributed by atoms with Crippen LogP contribution in [0.15, 0.2) is 38.3 Å². The van der Waals surface area contributed by atoms with Crippen LogP contribution in [0, 0.1) is 6.57 Å². The molecule has 0 aliphatic carbocycles. The molecule has 4 heteroatoms. The normalized spacial score (nSPS) is 7.58. The smallest absolute Gasteiger partial charge is 0.272 e. The molecule has 0 aliphatic heterocycles. The van der Waals surface area contributed by atoms with Gasteiger partial charge >= 0.3 is 6.03 Å². The van der Waals surface area contributed by atoms with Gasteiger partial charge < -0.3 is 0 Å². The summed E-state index contributed by atoms with van der Waals surface area (Å²) in [4.78, 5) is 15.2. The second-order valence-electron chi connectivity index (χ2n) is 1.68. The zero-order chi connectivity index (χ0) is 9.56. The van der Waals surface area contributed by atoms with E-state index in [0.717, 1.165) is 16.1 Å². The number of hydrogen-bond donors (Lipinski definition) is 0. The molecule has 0 N–H and O–H groups in total. The molecular weight excluding hydrogens is 154 g/mol. The molecule has 2 amide bonds. The fourth-order valence-electron chi connectivity index (χ4n) is 0.511. The standard InChI is InChI=1S/C8H9N3O/c1-5-10(6-2)8(12)11(7-3)9-4/h5-7H,1-3H2. The van der Waals surface area contributed by atoms with E-state index < -0.39 is 6.03 Å². The SMILES string of the molecule is [C-]#[N+]N(C=C)C(=O)N(C=C)C=C. The van der Waals surface area contributed by atoms with Gasteiger partial charge in [-0.05, 0) is 0 Å². The third-order valence-corrected chi connectivity index (χ3v) is 1.09. The highest BCUT2D eigenvalue weighted by molar-refractivity contribution is 5.77. The molecule has 0 saturated heterocycles.